The second kappa shape index (κ2) is 5.80. The number of benzene rings is 1. The van der Waals surface area contributed by atoms with Gasteiger partial charge in [0.15, 0.2) is 11.5 Å². The van der Waals surface area contributed by atoms with E-state index < -0.39 is 0 Å². The lowest BCUT2D eigenvalue weighted by Crippen LogP contribution is -2.52. The zero-order valence-electron chi connectivity index (χ0n) is 12.7. The summed E-state index contributed by atoms with van der Waals surface area (Å²) in [6, 6.07) is 6.28. The fraction of sp³-hybridized carbons (Fsp3) is 0.588. The highest BCUT2D eigenvalue weighted by atomic mass is 16.6. The van der Waals surface area contributed by atoms with Gasteiger partial charge in [0.05, 0.1) is 5.56 Å². The molecule has 5 nitrogen and oxygen atoms in total. The number of fused-ring (bicyclic) bond motifs is 2. The Hall–Kier alpha value is -1.75. The van der Waals surface area contributed by atoms with E-state index in [4.69, 9.17) is 9.47 Å². The number of para-hydroxylation sites is 1. The zero-order chi connectivity index (χ0) is 14.9. The molecule has 2 atom stereocenters. The monoisotopic (exact) mass is 302 g/mol. The lowest BCUT2D eigenvalue weighted by Gasteiger charge is -2.37. The Morgan fingerprint density at radius 3 is 2.86 bits per heavy atom. The Morgan fingerprint density at radius 2 is 1.95 bits per heavy atom. The van der Waals surface area contributed by atoms with Crippen LogP contribution in [0.4, 0.5) is 0 Å². The Labute approximate surface area is 130 Å². The standard InChI is InChI=1S/C17H22N2O3/c20-17(12-4-1-7-15-16(12)22-11-10-21-15)18-13-5-2-8-19-9-3-6-14(13)19/h1,4,7,13-14H,2-3,5-6,8-11H2,(H,18,20)/t13-,14-/m0/s1. The van der Waals surface area contributed by atoms with Gasteiger partial charge in [-0.25, -0.2) is 0 Å². The minimum atomic E-state index is -0.0406. The van der Waals surface area contributed by atoms with Crippen LogP contribution in [0.2, 0.25) is 0 Å². The molecule has 2 saturated heterocycles. The highest BCUT2D eigenvalue weighted by Crippen LogP contribution is 2.34. The van der Waals surface area contributed by atoms with Crippen molar-refractivity contribution >= 4 is 5.91 Å². The van der Waals surface area contributed by atoms with Crippen LogP contribution in [0.25, 0.3) is 0 Å². The molecule has 5 heteroatoms. The van der Waals surface area contributed by atoms with Crippen molar-refractivity contribution < 1.29 is 14.3 Å². The number of hydrogen-bond donors (Lipinski definition) is 1. The number of carbonyl (C=O) groups is 1. The molecule has 0 unspecified atom stereocenters. The summed E-state index contributed by atoms with van der Waals surface area (Å²) in [7, 11) is 0. The van der Waals surface area contributed by atoms with Gasteiger partial charge in [0.2, 0.25) is 0 Å². The summed E-state index contributed by atoms with van der Waals surface area (Å²) in [6.07, 6.45) is 4.67. The van der Waals surface area contributed by atoms with Gasteiger partial charge in [-0.15, -0.1) is 0 Å². The topological polar surface area (TPSA) is 50.8 Å². The van der Waals surface area contributed by atoms with Crippen LogP contribution >= 0.6 is 0 Å². The SMILES string of the molecule is O=C(N[C@H]1CCCN2CCC[C@@H]12)c1cccc2c1OCCO2. The van der Waals surface area contributed by atoms with Gasteiger partial charge in [0, 0.05) is 12.1 Å². The van der Waals surface area contributed by atoms with Crippen molar-refractivity contribution in [2.24, 2.45) is 0 Å². The lowest BCUT2D eigenvalue weighted by atomic mass is 9.96. The maximum absolute atomic E-state index is 12.7. The fourth-order valence-electron chi connectivity index (χ4n) is 3.96. The molecule has 3 heterocycles. The molecule has 1 aromatic carbocycles. The molecular formula is C17H22N2O3. The third-order valence-electron chi connectivity index (χ3n) is 4.97. The molecular weight excluding hydrogens is 280 g/mol. The average molecular weight is 302 g/mol. The summed E-state index contributed by atoms with van der Waals surface area (Å²) in [4.78, 5) is 15.2. The molecule has 2 fully saturated rings. The predicted molar refractivity (Wildman–Crippen MR) is 82.5 cm³/mol. The van der Waals surface area contributed by atoms with Crippen molar-refractivity contribution in [3.63, 3.8) is 0 Å². The normalized spacial score (nSPS) is 27.3. The van der Waals surface area contributed by atoms with E-state index in [1.807, 2.05) is 18.2 Å². The van der Waals surface area contributed by atoms with Crippen molar-refractivity contribution in [1.82, 2.24) is 10.2 Å². The summed E-state index contributed by atoms with van der Waals surface area (Å²) >= 11 is 0. The van der Waals surface area contributed by atoms with Gasteiger partial charge in [0.25, 0.3) is 5.91 Å². The number of hydrogen-bond acceptors (Lipinski definition) is 4. The van der Waals surface area contributed by atoms with Gasteiger partial charge in [-0.3, -0.25) is 9.69 Å². The minimum absolute atomic E-state index is 0.0406. The number of piperidine rings is 1. The van der Waals surface area contributed by atoms with Crippen molar-refractivity contribution in [2.45, 2.75) is 37.8 Å². The Morgan fingerprint density at radius 1 is 1.14 bits per heavy atom. The zero-order valence-corrected chi connectivity index (χ0v) is 12.7. The van der Waals surface area contributed by atoms with Crippen LogP contribution < -0.4 is 14.8 Å². The highest BCUT2D eigenvalue weighted by Gasteiger charge is 2.36. The molecule has 0 spiro atoms. The number of carbonyl (C=O) groups excluding carboxylic acids is 1. The van der Waals surface area contributed by atoms with Crippen LogP contribution in [0.5, 0.6) is 11.5 Å². The second-order valence-corrected chi connectivity index (χ2v) is 6.30. The first-order valence-electron chi connectivity index (χ1n) is 8.26. The van der Waals surface area contributed by atoms with Crippen LogP contribution in [-0.2, 0) is 0 Å². The van der Waals surface area contributed by atoms with Gasteiger partial charge in [-0.05, 0) is 50.9 Å². The molecule has 0 bridgehead atoms. The Kier molecular flexibility index (Phi) is 3.66. The molecule has 3 aliphatic heterocycles. The molecule has 1 amide bonds. The number of ether oxygens (including phenoxy) is 2. The maximum atomic E-state index is 12.7. The van der Waals surface area contributed by atoms with E-state index in [9.17, 15) is 4.79 Å². The van der Waals surface area contributed by atoms with Crippen LogP contribution in [-0.4, -0.2) is 49.2 Å². The second-order valence-electron chi connectivity index (χ2n) is 6.30. The first kappa shape index (κ1) is 13.9. The third-order valence-corrected chi connectivity index (χ3v) is 4.97. The van der Waals surface area contributed by atoms with E-state index in [0.717, 1.165) is 12.8 Å². The number of rotatable bonds is 2. The first-order valence-corrected chi connectivity index (χ1v) is 8.26. The lowest BCUT2D eigenvalue weighted by molar-refractivity contribution is 0.0858. The molecule has 0 saturated carbocycles. The Balaban J connectivity index is 1.52. The molecule has 118 valence electrons. The molecule has 3 aliphatic rings. The summed E-state index contributed by atoms with van der Waals surface area (Å²) in [5.74, 6) is 1.22. The van der Waals surface area contributed by atoms with Crippen LogP contribution in [0.3, 0.4) is 0 Å². The summed E-state index contributed by atoms with van der Waals surface area (Å²) in [5, 5.41) is 3.24. The van der Waals surface area contributed by atoms with Crippen molar-refractivity contribution in [1.29, 1.82) is 0 Å². The van der Waals surface area contributed by atoms with Crippen LogP contribution in [0, 0.1) is 0 Å². The third kappa shape index (κ3) is 2.43. The van der Waals surface area contributed by atoms with E-state index in [1.54, 1.807) is 0 Å². The number of nitrogens with zero attached hydrogens (tertiary/aromatic N) is 1. The Bertz CT molecular complexity index is 575. The van der Waals surface area contributed by atoms with E-state index in [0.29, 0.717) is 36.3 Å². The van der Waals surface area contributed by atoms with E-state index >= 15 is 0 Å². The van der Waals surface area contributed by atoms with Gasteiger partial charge in [0.1, 0.15) is 13.2 Å². The number of nitrogens with one attached hydrogen (secondary N) is 1. The average Bonchev–Trinajstić information content (AvgIpc) is 3.04. The number of amides is 1. The van der Waals surface area contributed by atoms with Crippen LogP contribution in [0.15, 0.2) is 18.2 Å². The van der Waals surface area contributed by atoms with Gasteiger partial charge in [-0.2, -0.15) is 0 Å². The van der Waals surface area contributed by atoms with Crippen LogP contribution in [0.1, 0.15) is 36.0 Å². The molecule has 4 rings (SSSR count). The summed E-state index contributed by atoms with van der Waals surface area (Å²) < 4.78 is 11.2. The quantitative estimate of drug-likeness (QED) is 0.905. The van der Waals surface area contributed by atoms with Gasteiger partial charge >= 0.3 is 0 Å². The predicted octanol–water partition coefficient (Wildman–Crippen LogP) is 1.81. The van der Waals surface area contributed by atoms with E-state index in [1.165, 1.54) is 25.9 Å². The summed E-state index contributed by atoms with van der Waals surface area (Å²) in [5.41, 5.74) is 0.590. The molecule has 1 N–H and O–H groups in total. The minimum Gasteiger partial charge on any atom is -0.486 e. The molecule has 0 aliphatic carbocycles. The van der Waals surface area contributed by atoms with Gasteiger partial charge < -0.3 is 14.8 Å². The summed E-state index contributed by atoms with van der Waals surface area (Å²) in [6.45, 7) is 3.39. The largest absolute Gasteiger partial charge is 0.486 e. The maximum Gasteiger partial charge on any atom is 0.255 e. The molecule has 0 radical (unpaired) electrons. The van der Waals surface area contributed by atoms with Crippen molar-refractivity contribution in [3.8, 4) is 11.5 Å². The van der Waals surface area contributed by atoms with Gasteiger partial charge in [-0.1, -0.05) is 6.07 Å². The smallest absolute Gasteiger partial charge is 0.255 e. The van der Waals surface area contributed by atoms with Crippen molar-refractivity contribution in [2.75, 3.05) is 26.3 Å². The van der Waals surface area contributed by atoms with E-state index in [-0.39, 0.29) is 11.9 Å². The first-order chi connectivity index (χ1) is 10.8. The van der Waals surface area contributed by atoms with E-state index in [2.05, 4.69) is 10.2 Å². The molecule has 0 aromatic heterocycles. The fourth-order valence-corrected chi connectivity index (χ4v) is 3.96. The highest BCUT2D eigenvalue weighted by molar-refractivity contribution is 5.98. The van der Waals surface area contributed by atoms with Crippen molar-refractivity contribution in [3.05, 3.63) is 23.8 Å². The molecule has 1 aromatic rings. The molecule has 22 heavy (non-hydrogen) atoms.